The van der Waals surface area contributed by atoms with E-state index in [1.807, 2.05) is 0 Å². The number of esters is 1. The highest BCUT2D eigenvalue weighted by atomic mass is 32.2. The summed E-state index contributed by atoms with van der Waals surface area (Å²) in [5, 5.41) is 2.77. The molecule has 1 fully saturated rings. The quantitative estimate of drug-likeness (QED) is 0.606. The van der Waals surface area contributed by atoms with Gasteiger partial charge in [-0.1, -0.05) is 18.6 Å². The van der Waals surface area contributed by atoms with Gasteiger partial charge >= 0.3 is 5.97 Å². The van der Waals surface area contributed by atoms with E-state index in [4.69, 9.17) is 9.47 Å². The number of nitrogens with one attached hydrogen (secondary N) is 1. The third-order valence-electron chi connectivity index (χ3n) is 5.16. The monoisotopic (exact) mass is 460 g/mol. The minimum absolute atomic E-state index is 0.113. The topological polar surface area (TPSA) is 102 Å². The number of carbonyl (C=O) groups excluding carboxylic acids is 2. The Morgan fingerprint density at radius 2 is 1.81 bits per heavy atom. The molecule has 1 aliphatic heterocycles. The zero-order valence-electron chi connectivity index (χ0n) is 18.3. The van der Waals surface area contributed by atoms with Gasteiger partial charge in [-0.05, 0) is 56.5 Å². The lowest BCUT2D eigenvalue weighted by molar-refractivity contribution is -0.145. The number of aryl methyl sites for hydroxylation is 1. The molecule has 1 heterocycles. The Hall–Kier alpha value is -2.91. The Balaban J connectivity index is 1.75. The average Bonchev–Trinajstić information content (AvgIpc) is 2.79. The van der Waals surface area contributed by atoms with E-state index in [9.17, 15) is 18.0 Å². The zero-order chi connectivity index (χ0) is 23.1. The van der Waals surface area contributed by atoms with E-state index in [-0.39, 0.29) is 23.7 Å². The predicted octanol–water partition coefficient (Wildman–Crippen LogP) is 3.36. The lowest BCUT2D eigenvalue weighted by Gasteiger charge is -2.26. The number of hydrogen-bond acceptors (Lipinski definition) is 6. The Bertz CT molecular complexity index is 1080. The highest BCUT2D eigenvalue weighted by molar-refractivity contribution is 7.89. The summed E-state index contributed by atoms with van der Waals surface area (Å²) in [5.41, 5.74) is 1.40. The molecular formula is C23H28N2O6S. The van der Waals surface area contributed by atoms with Crippen LogP contribution in [0.15, 0.2) is 47.4 Å². The van der Waals surface area contributed by atoms with Gasteiger partial charge in [-0.3, -0.25) is 4.79 Å². The Labute approximate surface area is 188 Å². The lowest BCUT2D eigenvalue weighted by Crippen LogP contribution is -2.35. The molecule has 3 rings (SSSR count). The summed E-state index contributed by atoms with van der Waals surface area (Å²) >= 11 is 0. The van der Waals surface area contributed by atoms with Crippen LogP contribution in [0.2, 0.25) is 0 Å². The standard InChI is InChI=1S/C23H28N2O6S/c1-3-30-22(26)16-31-19-9-7-8-18(14-19)24-23(27)21-15-20(11-10-17(21)2)32(28,29)25-12-5-4-6-13-25/h7-11,14-15H,3-6,12-13,16H2,1-2H3,(H,24,27). The van der Waals surface area contributed by atoms with E-state index < -0.39 is 21.9 Å². The highest BCUT2D eigenvalue weighted by Gasteiger charge is 2.27. The Morgan fingerprint density at radius 1 is 1.06 bits per heavy atom. The fourth-order valence-corrected chi connectivity index (χ4v) is 5.01. The first-order valence-corrected chi connectivity index (χ1v) is 12.1. The number of ether oxygens (including phenoxy) is 2. The minimum atomic E-state index is -3.65. The maximum atomic E-state index is 13.0. The van der Waals surface area contributed by atoms with Gasteiger partial charge in [-0.15, -0.1) is 0 Å². The summed E-state index contributed by atoms with van der Waals surface area (Å²) in [6, 6.07) is 11.2. The molecule has 0 aliphatic carbocycles. The molecule has 1 N–H and O–H groups in total. The van der Waals surface area contributed by atoms with Crippen LogP contribution in [0.5, 0.6) is 5.75 Å². The van der Waals surface area contributed by atoms with Gasteiger partial charge < -0.3 is 14.8 Å². The van der Waals surface area contributed by atoms with Crippen LogP contribution in [0.4, 0.5) is 5.69 Å². The molecule has 172 valence electrons. The first-order chi connectivity index (χ1) is 15.3. The fraction of sp³-hybridized carbons (Fsp3) is 0.391. The highest BCUT2D eigenvalue weighted by Crippen LogP contribution is 2.24. The van der Waals surface area contributed by atoms with Crippen molar-refractivity contribution in [1.82, 2.24) is 4.31 Å². The largest absolute Gasteiger partial charge is 0.482 e. The van der Waals surface area contributed by atoms with Gasteiger partial charge in [0.25, 0.3) is 5.91 Å². The van der Waals surface area contributed by atoms with Crippen molar-refractivity contribution < 1.29 is 27.5 Å². The summed E-state index contributed by atoms with van der Waals surface area (Å²) in [5.74, 6) is -0.515. The number of piperidine rings is 1. The molecule has 1 amide bonds. The fourth-order valence-electron chi connectivity index (χ4n) is 3.47. The normalized spacial score (nSPS) is 14.6. The minimum Gasteiger partial charge on any atom is -0.482 e. The molecule has 0 saturated carbocycles. The number of hydrogen-bond donors (Lipinski definition) is 1. The van der Waals surface area contributed by atoms with Gasteiger partial charge in [-0.25, -0.2) is 13.2 Å². The van der Waals surface area contributed by atoms with Crippen LogP contribution in [0, 0.1) is 6.92 Å². The lowest BCUT2D eigenvalue weighted by atomic mass is 10.1. The molecule has 0 spiro atoms. The Morgan fingerprint density at radius 3 is 2.53 bits per heavy atom. The average molecular weight is 461 g/mol. The molecule has 8 nitrogen and oxygen atoms in total. The molecule has 0 aromatic heterocycles. The molecule has 0 atom stereocenters. The van der Waals surface area contributed by atoms with Crippen molar-refractivity contribution in [2.24, 2.45) is 0 Å². The summed E-state index contributed by atoms with van der Waals surface area (Å²) < 4.78 is 37.7. The van der Waals surface area contributed by atoms with Crippen LogP contribution >= 0.6 is 0 Å². The first kappa shape index (κ1) is 23.7. The van der Waals surface area contributed by atoms with Crippen molar-refractivity contribution >= 4 is 27.6 Å². The molecule has 1 saturated heterocycles. The van der Waals surface area contributed by atoms with Crippen LogP contribution < -0.4 is 10.1 Å². The summed E-state index contributed by atoms with van der Waals surface area (Å²) in [6.07, 6.45) is 2.70. The number of sulfonamides is 1. The maximum absolute atomic E-state index is 13.0. The van der Waals surface area contributed by atoms with Crippen LogP contribution in [0.3, 0.4) is 0 Å². The van der Waals surface area contributed by atoms with Crippen LogP contribution in [0.25, 0.3) is 0 Å². The molecule has 0 unspecified atom stereocenters. The third-order valence-corrected chi connectivity index (χ3v) is 7.06. The van der Waals surface area contributed by atoms with E-state index in [2.05, 4.69) is 5.32 Å². The van der Waals surface area contributed by atoms with Crippen LogP contribution in [0.1, 0.15) is 42.1 Å². The molecule has 9 heteroatoms. The summed E-state index contributed by atoms with van der Waals surface area (Å²) in [4.78, 5) is 24.5. The SMILES string of the molecule is CCOC(=O)COc1cccc(NC(=O)c2cc(S(=O)(=O)N3CCCCC3)ccc2C)c1. The third kappa shape index (κ3) is 5.86. The second kappa shape index (κ2) is 10.6. The van der Waals surface area contributed by atoms with Gasteiger partial charge in [0.05, 0.1) is 11.5 Å². The second-order valence-electron chi connectivity index (χ2n) is 7.52. The smallest absolute Gasteiger partial charge is 0.344 e. The van der Waals surface area contributed by atoms with Gasteiger partial charge in [-0.2, -0.15) is 4.31 Å². The molecule has 32 heavy (non-hydrogen) atoms. The molecule has 1 aliphatic rings. The number of rotatable bonds is 8. The number of carbonyl (C=O) groups is 2. The number of amides is 1. The van der Waals surface area contributed by atoms with Crippen molar-refractivity contribution in [2.75, 3.05) is 31.6 Å². The van der Waals surface area contributed by atoms with Crippen LogP contribution in [-0.4, -0.2) is 50.9 Å². The first-order valence-electron chi connectivity index (χ1n) is 10.6. The molecule has 0 radical (unpaired) electrons. The van der Waals surface area contributed by atoms with Gasteiger partial charge in [0, 0.05) is 30.4 Å². The van der Waals surface area contributed by atoms with Crippen molar-refractivity contribution in [3.05, 3.63) is 53.6 Å². The van der Waals surface area contributed by atoms with Crippen LogP contribution in [-0.2, 0) is 19.6 Å². The zero-order valence-corrected chi connectivity index (χ0v) is 19.1. The van der Waals surface area contributed by atoms with Gasteiger partial charge in [0.2, 0.25) is 10.0 Å². The van der Waals surface area contributed by atoms with Crippen molar-refractivity contribution in [3.63, 3.8) is 0 Å². The number of anilines is 1. The van der Waals surface area contributed by atoms with Crippen molar-refractivity contribution in [1.29, 1.82) is 0 Å². The summed E-state index contributed by atoms with van der Waals surface area (Å²) in [6.45, 7) is 4.49. The van der Waals surface area contributed by atoms with Crippen molar-refractivity contribution in [3.8, 4) is 5.75 Å². The number of benzene rings is 2. The van der Waals surface area contributed by atoms with E-state index in [0.29, 0.717) is 30.1 Å². The molecule has 2 aromatic carbocycles. The summed E-state index contributed by atoms with van der Waals surface area (Å²) in [7, 11) is -3.65. The Kier molecular flexibility index (Phi) is 7.87. The van der Waals surface area contributed by atoms with Gasteiger partial charge in [0.1, 0.15) is 5.75 Å². The van der Waals surface area contributed by atoms with Gasteiger partial charge in [0.15, 0.2) is 6.61 Å². The number of nitrogens with zero attached hydrogens (tertiary/aromatic N) is 1. The second-order valence-corrected chi connectivity index (χ2v) is 9.46. The maximum Gasteiger partial charge on any atom is 0.344 e. The van der Waals surface area contributed by atoms with E-state index in [0.717, 1.165) is 19.3 Å². The van der Waals surface area contributed by atoms with E-state index >= 15 is 0 Å². The molecule has 2 aromatic rings. The predicted molar refractivity (Wildman–Crippen MR) is 120 cm³/mol. The molecule has 0 bridgehead atoms. The molecular weight excluding hydrogens is 432 g/mol. The van der Waals surface area contributed by atoms with Crippen molar-refractivity contribution in [2.45, 2.75) is 38.0 Å². The van der Waals surface area contributed by atoms with E-state index in [1.165, 1.54) is 10.4 Å². The van der Waals surface area contributed by atoms with E-state index in [1.54, 1.807) is 50.2 Å².